The van der Waals surface area contributed by atoms with Crippen LogP contribution < -0.4 is 5.32 Å². The minimum atomic E-state index is -0.546. The monoisotopic (exact) mass is 199 g/mol. The van der Waals surface area contributed by atoms with Gasteiger partial charge in [0, 0.05) is 6.42 Å². The average Bonchev–Trinajstić information content (AvgIpc) is 2.12. The summed E-state index contributed by atoms with van der Waals surface area (Å²) in [6, 6.07) is 3.10. The lowest BCUT2D eigenvalue weighted by atomic mass is 10.1. The van der Waals surface area contributed by atoms with E-state index in [0.717, 1.165) is 18.2 Å². The van der Waals surface area contributed by atoms with Crippen molar-refractivity contribution in [2.24, 2.45) is 0 Å². The Bertz CT molecular complexity index is 339. The second kappa shape index (κ2) is 4.81. The molecule has 4 heteroatoms. The lowest BCUT2D eigenvalue weighted by Crippen LogP contribution is -2.20. The molecule has 14 heavy (non-hydrogen) atoms. The molecule has 0 fully saturated rings. The van der Waals surface area contributed by atoms with Gasteiger partial charge in [0.2, 0.25) is 0 Å². The molecule has 1 aromatic rings. The quantitative estimate of drug-likeness (QED) is 0.791. The second-order valence-corrected chi connectivity index (χ2v) is 2.98. The molecule has 1 aromatic carbocycles. The predicted molar refractivity (Wildman–Crippen MR) is 49.0 cm³/mol. The number of hydrogen-bond acceptors (Lipinski definition) is 2. The van der Waals surface area contributed by atoms with Gasteiger partial charge < -0.3 is 5.32 Å². The minimum Gasteiger partial charge on any atom is -0.313 e. The summed E-state index contributed by atoms with van der Waals surface area (Å²) >= 11 is 0. The van der Waals surface area contributed by atoms with Crippen LogP contribution >= 0.6 is 0 Å². The molecule has 0 bridgehead atoms. The Hall–Kier alpha value is -1.29. The third-order valence-corrected chi connectivity index (χ3v) is 1.77. The van der Waals surface area contributed by atoms with Crippen molar-refractivity contribution in [3.8, 4) is 0 Å². The Morgan fingerprint density at radius 3 is 2.79 bits per heavy atom. The molecule has 0 saturated carbocycles. The van der Waals surface area contributed by atoms with Gasteiger partial charge >= 0.3 is 0 Å². The van der Waals surface area contributed by atoms with Gasteiger partial charge in [-0.25, -0.2) is 8.78 Å². The summed E-state index contributed by atoms with van der Waals surface area (Å²) in [5.74, 6) is -1.24. The third-order valence-electron chi connectivity index (χ3n) is 1.77. The number of ketones is 1. The number of halogens is 2. The normalized spacial score (nSPS) is 10.2. The summed E-state index contributed by atoms with van der Waals surface area (Å²) in [6.45, 7) is 0.163. The first-order valence-corrected chi connectivity index (χ1v) is 4.23. The van der Waals surface area contributed by atoms with Gasteiger partial charge in [-0.3, -0.25) is 4.79 Å². The smallest absolute Gasteiger partial charge is 0.151 e. The van der Waals surface area contributed by atoms with Crippen LogP contribution in [-0.2, 0) is 11.2 Å². The molecule has 76 valence electrons. The van der Waals surface area contributed by atoms with Crippen LogP contribution in [0.2, 0.25) is 0 Å². The first-order valence-electron chi connectivity index (χ1n) is 4.23. The molecule has 0 amide bonds. The van der Waals surface area contributed by atoms with E-state index in [0.29, 0.717) is 0 Å². The number of benzene rings is 1. The summed E-state index contributed by atoms with van der Waals surface area (Å²) in [6.07, 6.45) is -0.0789. The van der Waals surface area contributed by atoms with E-state index in [2.05, 4.69) is 5.32 Å². The minimum absolute atomic E-state index is 0.0789. The highest BCUT2D eigenvalue weighted by Crippen LogP contribution is 2.10. The van der Waals surface area contributed by atoms with Crippen molar-refractivity contribution < 1.29 is 13.6 Å². The average molecular weight is 199 g/mol. The molecule has 0 aromatic heterocycles. The highest BCUT2D eigenvalue weighted by atomic mass is 19.1. The van der Waals surface area contributed by atoms with Crippen molar-refractivity contribution in [2.75, 3.05) is 13.6 Å². The molecule has 0 spiro atoms. The van der Waals surface area contributed by atoms with E-state index in [1.165, 1.54) is 0 Å². The lowest BCUT2D eigenvalue weighted by Gasteiger charge is -2.02. The standard InChI is InChI=1S/C10H11F2NO/c1-13-6-9(14)5-7-4-8(11)2-3-10(7)12/h2-4,13H,5-6H2,1H3. The van der Waals surface area contributed by atoms with E-state index < -0.39 is 11.6 Å². The van der Waals surface area contributed by atoms with Crippen molar-refractivity contribution in [3.05, 3.63) is 35.4 Å². The number of hydrogen-bond donors (Lipinski definition) is 1. The molecule has 1 N–H and O–H groups in total. The van der Waals surface area contributed by atoms with Gasteiger partial charge in [-0.15, -0.1) is 0 Å². The van der Waals surface area contributed by atoms with Gasteiger partial charge in [-0.05, 0) is 30.8 Å². The maximum atomic E-state index is 13.0. The maximum absolute atomic E-state index is 13.0. The molecule has 0 unspecified atom stereocenters. The van der Waals surface area contributed by atoms with Crippen LogP contribution in [0.15, 0.2) is 18.2 Å². The van der Waals surface area contributed by atoms with Gasteiger partial charge in [0.25, 0.3) is 0 Å². The summed E-state index contributed by atoms with van der Waals surface area (Å²) < 4.78 is 25.7. The molecule has 0 aliphatic heterocycles. The van der Waals surface area contributed by atoms with Gasteiger partial charge in [-0.2, -0.15) is 0 Å². The van der Waals surface area contributed by atoms with Crippen LogP contribution in [0, 0.1) is 11.6 Å². The first kappa shape index (κ1) is 10.8. The van der Waals surface area contributed by atoms with Crippen LogP contribution in [0.25, 0.3) is 0 Å². The lowest BCUT2D eigenvalue weighted by molar-refractivity contribution is -0.117. The summed E-state index contributed by atoms with van der Waals surface area (Å²) in [5, 5.41) is 2.66. The zero-order valence-electron chi connectivity index (χ0n) is 7.81. The molecular weight excluding hydrogens is 188 g/mol. The van der Waals surface area contributed by atoms with E-state index in [4.69, 9.17) is 0 Å². The fourth-order valence-corrected chi connectivity index (χ4v) is 1.15. The molecule has 0 saturated heterocycles. The Kier molecular flexibility index (Phi) is 3.71. The number of carbonyl (C=O) groups is 1. The maximum Gasteiger partial charge on any atom is 0.151 e. The van der Waals surface area contributed by atoms with Crippen molar-refractivity contribution in [3.63, 3.8) is 0 Å². The van der Waals surface area contributed by atoms with Crippen molar-refractivity contribution >= 4 is 5.78 Å². The van der Waals surface area contributed by atoms with E-state index in [-0.39, 0.29) is 24.3 Å². The third kappa shape index (κ3) is 2.88. The van der Waals surface area contributed by atoms with Crippen LogP contribution in [0.4, 0.5) is 8.78 Å². The Labute approximate surface area is 80.9 Å². The fourth-order valence-electron chi connectivity index (χ4n) is 1.15. The number of likely N-dealkylation sites (N-methyl/N-ethyl adjacent to an activating group) is 1. The van der Waals surface area contributed by atoms with Crippen molar-refractivity contribution in [1.82, 2.24) is 5.32 Å². The highest BCUT2D eigenvalue weighted by Gasteiger charge is 2.08. The van der Waals surface area contributed by atoms with Crippen LogP contribution in [0.5, 0.6) is 0 Å². The number of nitrogens with one attached hydrogen (secondary N) is 1. The molecular formula is C10H11F2NO. The van der Waals surface area contributed by atoms with Crippen LogP contribution in [0.1, 0.15) is 5.56 Å². The van der Waals surface area contributed by atoms with Gasteiger partial charge in [0.15, 0.2) is 5.78 Å². The Balaban J connectivity index is 2.75. The number of carbonyl (C=O) groups excluding carboxylic acids is 1. The Morgan fingerprint density at radius 2 is 2.14 bits per heavy atom. The van der Waals surface area contributed by atoms with E-state index in [9.17, 15) is 13.6 Å². The second-order valence-electron chi connectivity index (χ2n) is 2.98. The van der Waals surface area contributed by atoms with E-state index >= 15 is 0 Å². The van der Waals surface area contributed by atoms with Gasteiger partial charge in [-0.1, -0.05) is 0 Å². The first-order chi connectivity index (χ1) is 6.63. The highest BCUT2D eigenvalue weighted by molar-refractivity contribution is 5.82. The van der Waals surface area contributed by atoms with Crippen molar-refractivity contribution in [2.45, 2.75) is 6.42 Å². The number of Topliss-reactive ketones (excluding diaryl/α,β-unsaturated/α-hetero) is 1. The molecule has 1 rings (SSSR count). The fraction of sp³-hybridized carbons (Fsp3) is 0.300. The van der Waals surface area contributed by atoms with Gasteiger partial charge in [0.05, 0.1) is 6.54 Å². The SMILES string of the molecule is CNCC(=O)Cc1cc(F)ccc1F. The van der Waals surface area contributed by atoms with Crippen molar-refractivity contribution in [1.29, 1.82) is 0 Å². The van der Waals surface area contributed by atoms with E-state index in [1.807, 2.05) is 0 Å². The summed E-state index contributed by atoms with van der Waals surface area (Å²) in [5.41, 5.74) is 0.102. The molecule has 0 aliphatic rings. The zero-order chi connectivity index (χ0) is 10.6. The van der Waals surface area contributed by atoms with E-state index in [1.54, 1.807) is 7.05 Å². The van der Waals surface area contributed by atoms with Crippen LogP contribution in [-0.4, -0.2) is 19.4 Å². The summed E-state index contributed by atoms with van der Waals surface area (Å²) in [7, 11) is 1.62. The van der Waals surface area contributed by atoms with Crippen LogP contribution in [0.3, 0.4) is 0 Å². The largest absolute Gasteiger partial charge is 0.313 e. The molecule has 2 nitrogen and oxygen atoms in total. The Morgan fingerprint density at radius 1 is 1.43 bits per heavy atom. The molecule has 0 aliphatic carbocycles. The number of rotatable bonds is 4. The zero-order valence-corrected chi connectivity index (χ0v) is 7.81. The molecule has 0 atom stereocenters. The topological polar surface area (TPSA) is 29.1 Å². The summed E-state index contributed by atoms with van der Waals surface area (Å²) in [4.78, 5) is 11.1. The molecule has 0 radical (unpaired) electrons. The predicted octanol–water partition coefficient (Wildman–Crippen LogP) is 1.30. The van der Waals surface area contributed by atoms with Gasteiger partial charge in [0.1, 0.15) is 11.6 Å². The molecule has 0 heterocycles.